The highest BCUT2D eigenvalue weighted by molar-refractivity contribution is 7.91. The van der Waals surface area contributed by atoms with Crippen LogP contribution in [0.25, 0.3) is 5.78 Å². The van der Waals surface area contributed by atoms with Gasteiger partial charge in [-0.1, -0.05) is 18.2 Å². The van der Waals surface area contributed by atoms with Crippen LogP contribution in [0.5, 0.6) is 0 Å². The monoisotopic (exact) mass is 519 g/mol. The van der Waals surface area contributed by atoms with Crippen LogP contribution in [0.3, 0.4) is 0 Å². The van der Waals surface area contributed by atoms with Gasteiger partial charge in [-0.3, -0.25) is 9.59 Å². The van der Waals surface area contributed by atoms with E-state index in [1.807, 2.05) is 6.07 Å². The Morgan fingerprint density at radius 1 is 1.19 bits per heavy atom. The molecule has 4 aromatic rings. The van der Waals surface area contributed by atoms with Gasteiger partial charge in [-0.05, 0) is 41.8 Å². The minimum absolute atomic E-state index is 0.00595. The largest absolute Gasteiger partial charge is 0.347 e. The van der Waals surface area contributed by atoms with Crippen molar-refractivity contribution in [2.24, 2.45) is 0 Å². The first-order valence-electron chi connectivity index (χ1n) is 11.0. The molecule has 5 rings (SSSR count). The van der Waals surface area contributed by atoms with Gasteiger partial charge in [0.25, 0.3) is 17.6 Å². The zero-order chi connectivity index (χ0) is 26.3. The van der Waals surface area contributed by atoms with Gasteiger partial charge in [-0.2, -0.15) is 19.9 Å². The van der Waals surface area contributed by atoms with Gasteiger partial charge in [0.1, 0.15) is 23.5 Å². The molecule has 186 valence electrons. The third-order valence-electron chi connectivity index (χ3n) is 5.94. The van der Waals surface area contributed by atoms with E-state index >= 15 is 0 Å². The number of nitrogens with one attached hydrogen (secondary N) is 2. The number of aromatic nitrogens is 4. The lowest BCUT2D eigenvalue weighted by molar-refractivity contribution is 0.0933. The molecule has 0 bridgehead atoms. The van der Waals surface area contributed by atoms with Gasteiger partial charge >= 0.3 is 0 Å². The van der Waals surface area contributed by atoms with Gasteiger partial charge < -0.3 is 10.6 Å². The highest BCUT2D eigenvalue weighted by Crippen LogP contribution is 2.34. The topological polar surface area (TPSA) is 159 Å². The van der Waals surface area contributed by atoms with E-state index < -0.39 is 27.7 Å². The number of amides is 2. The number of halogens is 1. The van der Waals surface area contributed by atoms with Crippen LogP contribution in [0.15, 0.2) is 53.7 Å². The lowest BCUT2D eigenvalue weighted by atomic mass is 10.1. The lowest BCUT2D eigenvalue weighted by Crippen LogP contribution is -2.32. The van der Waals surface area contributed by atoms with Gasteiger partial charge in [0.2, 0.25) is 0 Å². The van der Waals surface area contributed by atoms with E-state index in [2.05, 4.69) is 25.7 Å². The van der Waals surface area contributed by atoms with E-state index in [1.165, 1.54) is 36.7 Å². The highest BCUT2D eigenvalue weighted by atomic mass is 32.2. The maximum Gasteiger partial charge on any atom is 0.270 e. The van der Waals surface area contributed by atoms with E-state index in [4.69, 9.17) is 5.26 Å². The van der Waals surface area contributed by atoms with Crippen LogP contribution in [0.2, 0.25) is 0 Å². The molecule has 0 radical (unpaired) electrons. The van der Waals surface area contributed by atoms with Crippen LogP contribution < -0.4 is 10.6 Å². The second kappa shape index (κ2) is 9.07. The van der Waals surface area contributed by atoms with Crippen LogP contribution in [0.1, 0.15) is 49.3 Å². The zero-order valence-corrected chi connectivity index (χ0v) is 20.1. The summed E-state index contributed by atoms with van der Waals surface area (Å²) < 4.78 is 39.9. The molecule has 0 spiro atoms. The van der Waals surface area contributed by atoms with Gasteiger partial charge in [0.15, 0.2) is 9.84 Å². The molecule has 37 heavy (non-hydrogen) atoms. The SMILES string of the molecule is Cc1cc(CNC(=O)c2cc(C(=O)NC3CS(=O)(=O)c4cc(C#N)ccc43)n3ncnc3n2)ccc1F. The van der Waals surface area contributed by atoms with Crippen molar-refractivity contribution in [2.75, 3.05) is 5.75 Å². The fourth-order valence-corrected chi connectivity index (χ4v) is 5.85. The number of nitrogens with zero attached hydrogens (tertiary/aromatic N) is 5. The minimum atomic E-state index is -3.71. The average molecular weight is 520 g/mol. The molecule has 0 saturated carbocycles. The van der Waals surface area contributed by atoms with Crippen molar-refractivity contribution in [3.8, 4) is 6.07 Å². The summed E-state index contributed by atoms with van der Waals surface area (Å²) in [5, 5.41) is 18.4. The van der Waals surface area contributed by atoms with Crippen LogP contribution in [0, 0.1) is 24.1 Å². The number of carbonyl (C=O) groups is 2. The zero-order valence-electron chi connectivity index (χ0n) is 19.3. The quantitative estimate of drug-likeness (QED) is 0.402. The Hall–Kier alpha value is -4.70. The van der Waals surface area contributed by atoms with E-state index in [0.717, 1.165) is 4.52 Å². The number of hydrogen-bond donors (Lipinski definition) is 2. The van der Waals surface area contributed by atoms with Gasteiger partial charge in [0, 0.05) is 12.6 Å². The number of aryl methyl sites for hydroxylation is 1. The molecule has 0 saturated heterocycles. The summed E-state index contributed by atoms with van der Waals surface area (Å²) in [5.74, 6) is -2.03. The molecule has 1 atom stereocenters. The highest BCUT2D eigenvalue weighted by Gasteiger charge is 2.36. The molecule has 2 N–H and O–H groups in total. The third-order valence-corrected chi connectivity index (χ3v) is 7.73. The van der Waals surface area contributed by atoms with E-state index in [9.17, 15) is 22.4 Å². The summed E-state index contributed by atoms with van der Waals surface area (Å²) in [7, 11) is -3.71. The second-order valence-electron chi connectivity index (χ2n) is 8.44. The van der Waals surface area contributed by atoms with E-state index in [-0.39, 0.29) is 45.7 Å². The van der Waals surface area contributed by atoms with Crippen LogP contribution in [-0.2, 0) is 16.4 Å². The lowest BCUT2D eigenvalue weighted by Gasteiger charge is -2.14. The summed E-state index contributed by atoms with van der Waals surface area (Å²) in [6, 6.07) is 11.0. The molecule has 0 aliphatic carbocycles. The number of nitriles is 1. The first kappa shape index (κ1) is 24.0. The number of fused-ring (bicyclic) bond motifs is 2. The Balaban J connectivity index is 1.40. The molecule has 3 heterocycles. The standard InChI is InChI=1S/C24H18FN7O4S/c1-13-6-15(3-5-17(13)25)10-27-22(33)18-8-20(32-24(31-18)28-12-29-32)23(34)30-19-11-37(35,36)21-7-14(9-26)2-4-16(19)21/h2-8,12,19H,10-11H2,1H3,(H,27,33)(H,30,34). The molecule has 11 nitrogen and oxygen atoms in total. The molecule has 1 aliphatic rings. The molecule has 1 unspecified atom stereocenters. The van der Waals surface area contributed by atoms with Crippen molar-refractivity contribution in [2.45, 2.75) is 24.4 Å². The van der Waals surface area contributed by atoms with Crippen molar-refractivity contribution in [1.82, 2.24) is 30.2 Å². The third kappa shape index (κ3) is 4.50. The minimum Gasteiger partial charge on any atom is -0.347 e. The van der Waals surface area contributed by atoms with Crippen molar-refractivity contribution in [1.29, 1.82) is 5.26 Å². The fraction of sp³-hybridized carbons (Fsp3) is 0.167. The van der Waals surface area contributed by atoms with Crippen molar-refractivity contribution in [3.63, 3.8) is 0 Å². The Kier molecular flexibility index (Phi) is 5.88. The smallest absolute Gasteiger partial charge is 0.270 e. The molecule has 13 heteroatoms. The molecule has 1 aliphatic heterocycles. The number of hydrogen-bond acceptors (Lipinski definition) is 8. The molecule has 2 aromatic carbocycles. The van der Waals surface area contributed by atoms with Gasteiger partial charge in [-0.15, -0.1) is 0 Å². The Labute approximate surface area is 209 Å². The second-order valence-corrected chi connectivity index (χ2v) is 10.4. The summed E-state index contributed by atoms with van der Waals surface area (Å²) in [6.07, 6.45) is 1.17. The molecular formula is C24H18FN7O4S. The Morgan fingerprint density at radius 3 is 2.76 bits per heavy atom. The Bertz CT molecular complexity index is 1740. The van der Waals surface area contributed by atoms with Gasteiger partial charge in [-0.25, -0.2) is 17.8 Å². The van der Waals surface area contributed by atoms with Crippen LogP contribution in [0.4, 0.5) is 4.39 Å². The number of rotatable bonds is 5. The predicted molar refractivity (Wildman–Crippen MR) is 127 cm³/mol. The number of carbonyl (C=O) groups excluding carboxylic acids is 2. The van der Waals surface area contributed by atoms with Crippen LogP contribution in [-0.4, -0.2) is 45.6 Å². The molecule has 2 aromatic heterocycles. The molecule has 2 amide bonds. The first-order valence-corrected chi connectivity index (χ1v) is 12.6. The van der Waals surface area contributed by atoms with E-state index in [1.54, 1.807) is 19.1 Å². The van der Waals surface area contributed by atoms with E-state index in [0.29, 0.717) is 16.7 Å². The van der Waals surface area contributed by atoms with Crippen molar-refractivity contribution in [3.05, 3.63) is 88.3 Å². The Morgan fingerprint density at radius 2 is 2.00 bits per heavy atom. The first-order chi connectivity index (χ1) is 17.7. The summed E-state index contributed by atoms with van der Waals surface area (Å²) in [5.41, 5.74) is 1.48. The molecule has 0 fully saturated rings. The number of sulfone groups is 1. The summed E-state index contributed by atoms with van der Waals surface area (Å²) in [6.45, 7) is 1.71. The van der Waals surface area contributed by atoms with Gasteiger partial charge in [0.05, 0.1) is 28.3 Å². The average Bonchev–Trinajstić information content (AvgIpc) is 3.45. The fourth-order valence-electron chi connectivity index (χ4n) is 4.09. The number of benzene rings is 2. The maximum absolute atomic E-state index is 13.5. The normalized spacial score (nSPS) is 15.6. The molecular weight excluding hydrogens is 501 g/mol. The van der Waals surface area contributed by atoms with Crippen molar-refractivity contribution < 1.29 is 22.4 Å². The predicted octanol–water partition coefficient (Wildman–Crippen LogP) is 1.63. The summed E-state index contributed by atoms with van der Waals surface area (Å²) >= 11 is 0. The summed E-state index contributed by atoms with van der Waals surface area (Å²) in [4.78, 5) is 34.2. The van der Waals surface area contributed by atoms with Crippen molar-refractivity contribution >= 4 is 27.4 Å². The van der Waals surface area contributed by atoms with Crippen LogP contribution >= 0.6 is 0 Å². The maximum atomic E-state index is 13.5.